The maximum absolute atomic E-state index is 13.4. The molecular formula is C14H18F2N2O. The quantitative estimate of drug-likeness (QED) is 0.881. The van der Waals surface area contributed by atoms with Gasteiger partial charge in [0.15, 0.2) is 0 Å². The molecule has 19 heavy (non-hydrogen) atoms. The summed E-state index contributed by atoms with van der Waals surface area (Å²) in [5.74, 6) is -2.01. The summed E-state index contributed by atoms with van der Waals surface area (Å²) >= 11 is 0. The molecule has 2 rings (SSSR count). The van der Waals surface area contributed by atoms with Crippen LogP contribution in [0.2, 0.25) is 0 Å². The molecule has 1 aromatic carbocycles. The monoisotopic (exact) mass is 268 g/mol. The number of carbonyl (C=O) groups is 1. The minimum absolute atomic E-state index is 0.00951. The number of nitrogens with one attached hydrogen (secondary N) is 2. The lowest BCUT2D eigenvalue weighted by atomic mass is 9.83. The molecule has 1 aliphatic rings. The van der Waals surface area contributed by atoms with Gasteiger partial charge in [0.25, 0.3) is 5.91 Å². The van der Waals surface area contributed by atoms with Crippen LogP contribution in [-0.4, -0.2) is 25.5 Å². The number of rotatable bonds is 3. The Balaban J connectivity index is 1.97. The van der Waals surface area contributed by atoms with Crippen LogP contribution >= 0.6 is 0 Å². The fourth-order valence-electron chi connectivity index (χ4n) is 2.33. The molecule has 1 atom stereocenters. The first kappa shape index (κ1) is 13.9. The first-order valence-electron chi connectivity index (χ1n) is 6.44. The van der Waals surface area contributed by atoms with Crippen molar-refractivity contribution >= 4 is 5.91 Å². The van der Waals surface area contributed by atoms with E-state index in [1.807, 2.05) is 0 Å². The molecule has 0 spiro atoms. The number of halogens is 2. The number of amides is 1. The van der Waals surface area contributed by atoms with Gasteiger partial charge in [-0.15, -0.1) is 0 Å². The van der Waals surface area contributed by atoms with Gasteiger partial charge in [-0.05, 0) is 36.9 Å². The zero-order chi connectivity index (χ0) is 13.9. The second-order valence-electron chi connectivity index (χ2n) is 5.40. The molecule has 1 aliphatic heterocycles. The van der Waals surface area contributed by atoms with Crippen molar-refractivity contribution in [3.8, 4) is 0 Å². The highest BCUT2D eigenvalue weighted by Gasteiger charge is 2.27. The van der Waals surface area contributed by atoms with E-state index >= 15 is 0 Å². The maximum atomic E-state index is 13.4. The molecule has 3 nitrogen and oxygen atoms in total. The minimum Gasteiger partial charge on any atom is -0.351 e. The smallest absolute Gasteiger partial charge is 0.254 e. The molecule has 5 heteroatoms. The molecule has 0 radical (unpaired) electrons. The molecule has 0 bridgehead atoms. The van der Waals surface area contributed by atoms with E-state index in [1.165, 1.54) is 6.07 Å². The summed E-state index contributed by atoms with van der Waals surface area (Å²) in [7, 11) is 0. The fraction of sp³-hybridized carbons (Fsp3) is 0.500. The number of carbonyl (C=O) groups excluding carboxylic acids is 1. The molecule has 104 valence electrons. The SMILES string of the molecule is CC1(CNC(=O)c2ccc(F)cc2F)CCCNC1. The molecule has 1 aromatic rings. The van der Waals surface area contributed by atoms with Crippen LogP contribution in [-0.2, 0) is 0 Å². The van der Waals surface area contributed by atoms with Crippen molar-refractivity contribution in [2.75, 3.05) is 19.6 Å². The molecule has 1 amide bonds. The van der Waals surface area contributed by atoms with Crippen molar-refractivity contribution in [3.63, 3.8) is 0 Å². The highest BCUT2D eigenvalue weighted by molar-refractivity contribution is 5.94. The molecule has 1 saturated heterocycles. The van der Waals surface area contributed by atoms with E-state index in [2.05, 4.69) is 17.6 Å². The van der Waals surface area contributed by atoms with Crippen molar-refractivity contribution < 1.29 is 13.6 Å². The van der Waals surface area contributed by atoms with Gasteiger partial charge in [-0.3, -0.25) is 4.79 Å². The van der Waals surface area contributed by atoms with Crippen LogP contribution in [0.3, 0.4) is 0 Å². The lowest BCUT2D eigenvalue weighted by Crippen LogP contribution is -2.45. The molecule has 2 N–H and O–H groups in total. The summed E-state index contributed by atoms with van der Waals surface area (Å²) in [6.45, 7) is 4.39. The van der Waals surface area contributed by atoms with Gasteiger partial charge in [0.2, 0.25) is 0 Å². The van der Waals surface area contributed by atoms with Crippen molar-refractivity contribution in [2.45, 2.75) is 19.8 Å². The van der Waals surface area contributed by atoms with Crippen LogP contribution in [0.4, 0.5) is 8.78 Å². The Morgan fingerprint density at radius 2 is 2.26 bits per heavy atom. The molecule has 1 heterocycles. The van der Waals surface area contributed by atoms with Gasteiger partial charge in [-0.1, -0.05) is 6.92 Å². The highest BCUT2D eigenvalue weighted by Crippen LogP contribution is 2.24. The lowest BCUT2D eigenvalue weighted by molar-refractivity contribution is 0.0920. The van der Waals surface area contributed by atoms with E-state index in [-0.39, 0.29) is 11.0 Å². The molecule has 0 aliphatic carbocycles. The summed E-state index contributed by atoms with van der Waals surface area (Å²) in [6.07, 6.45) is 2.09. The van der Waals surface area contributed by atoms with Gasteiger partial charge in [0.1, 0.15) is 11.6 Å². The van der Waals surface area contributed by atoms with Crippen LogP contribution in [0.25, 0.3) is 0 Å². The number of hydrogen-bond donors (Lipinski definition) is 2. The van der Waals surface area contributed by atoms with Gasteiger partial charge in [0.05, 0.1) is 5.56 Å². The highest BCUT2D eigenvalue weighted by atomic mass is 19.1. The van der Waals surface area contributed by atoms with Gasteiger partial charge < -0.3 is 10.6 Å². The van der Waals surface area contributed by atoms with E-state index in [1.54, 1.807) is 0 Å². The van der Waals surface area contributed by atoms with Crippen LogP contribution in [0.5, 0.6) is 0 Å². The summed E-state index contributed by atoms with van der Waals surface area (Å²) in [4.78, 5) is 11.9. The predicted octanol–water partition coefficient (Wildman–Crippen LogP) is 2.08. The largest absolute Gasteiger partial charge is 0.351 e. The standard InChI is InChI=1S/C14H18F2N2O/c1-14(5-2-6-17-8-14)9-18-13(19)11-4-3-10(15)7-12(11)16/h3-4,7,17H,2,5-6,8-9H2,1H3,(H,18,19). The summed E-state index contributed by atoms with van der Waals surface area (Å²) in [5.41, 5.74) is -0.126. The van der Waals surface area contributed by atoms with Crippen molar-refractivity contribution in [3.05, 3.63) is 35.4 Å². The van der Waals surface area contributed by atoms with E-state index in [0.29, 0.717) is 6.54 Å². The van der Waals surface area contributed by atoms with E-state index in [9.17, 15) is 13.6 Å². The van der Waals surface area contributed by atoms with Crippen LogP contribution < -0.4 is 10.6 Å². The van der Waals surface area contributed by atoms with E-state index in [0.717, 1.165) is 38.1 Å². The second-order valence-corrected chi connectivity index (χ2v) is 5.40. The van der Waals surface area contributed by atoms with Crippen LogP contribution in [0.15, 0.2) is 18.2 Å². The lowest BCUT2D eigenvalue weighted by Gasteiger charge is -2.34. The number of piperidine rings is 1. The zero-order valence-corrected chi connectivity index (χ0v) is 10.9. The number of hydrogen-bond acceptors (Lipinski definition) is 2. The summed E-state index contributed by atoms with van der Waals surface area (Å²) in [5, 5.41) is 6.01. The Morgan fingerprint density at radius 3 is 2.89 bits per heavy atom. The van der Waals surface area contributed by atoms with Gasteiger partial charge in [0, 0.05) is 19.2 Å². The van der Waals surface area contributed by atoms with Gasteiger partial charge in [-0.2, -0.15) is 0 Å². The fourth-order valence-corrected chi connectivity index (χ4v) is 2.33. The van der Waals surface area contributed by atoms with Crippen molar-refractivity contribution in [1.29, 1.82) is 0 Å². The minimum atomic E-state index is -0.829. The van der Waals surface area contributed by atoms with Crippen molar-refractivity contribution in [1.82, 2.24) is 10.6 Å². The van der Waals surface area contributed by atoms with Crippen LogP contribution in [0.1, 0.15) is 30.1 Å². The first-order chi connectivity index (χ1) is 9.00. The average molecular weight is 268 g/mol. The average Bonchev–Trinajstić information content (AvgIpc) is 2.37. The van der Waals surface area contributed by atoms with Crippen molar-refractivity contribution in [2.24, 2.45) is 5.41 Å². The second kappa shape index (κ2) is 5.65. The van der Waals surface area contributed by atoms with Gasteiger partial charge >= 0.3 is 0 Å². The van der Waals surface area contributed by atoms with E-state index < -0.39 is 17.5 Å². The molecule has 0 aromatic heterocycles. The Hall–Kier alpha value is -1.49. The molecule has 0 saturated carbocycles. The van der Waals surface area contributed by atoms with E-state index in [4.69, 9.17) is 0 Å². The molecular weight excluding hydrogens is 250 g/mol. The topological polar surface area (TPSA) is 41.1 Å². The third-order valence-electron chi connectivity index (χ3n) is 3.54. The van der Waals surface area contributed by atoms with Crippen LogP contribution in [0, 0.1) is 17.0 Å². The third kappa shape index (κ3) is 3.50. The summed E-state index contributed by atoms with van der Waals surface area (Å²) < 4.78 is 26.2. The number of benzene rings is 1. The Morgan fingerprint density at radius 1 is 1.47 bits per heavy atom. The first-order valence-corrected chi connectivity index (χ1v) is 6.44. The molecule has 1 unspecified atom stereocenters. The molecule has 1 fully saturated rings. The van der Waals surface area contributed by atoms with Gasteiger partial charge in [-0.25, -0.2) is 8.78 Å². The maximum Gasteiger partial charge on any atom is 0.254 e. The Kier molecular flexibility index (Phi) is 4.14. The Bertz CT molecular complexity index is 471. The third-order valence-corrected chi connectivity index (χ3v) is 3.54. The predicted molar refractivity (Wildman–Crippen MR) is 68.9 cm³/mol. The zero-order valence-electron chi connectivity index (χ0n) is 10.9. The summed E-state index contributed by atoms with van der Waals surface area (Å²) in [6, 6.07) is 2.97. The normalized spacial score (nSPS) is 23.1. The Labute approximate surface area is 111 Å².